The smallest absolute Gasteiger partial charge is 0.223 e. The van der Waals surface area contributed by atoms with E-state index < -0.39 is 0 Å². The van der Waals surface area contributed by atoms with E-state index in [9.17, 15) is 4.79 Å². The van der Waals surface area contributed by atoms with Crippen LogP contribution in [0.4, 0.5) is 0 Å². The highest BCUT2D eigenvalue weighted by atomic mass is 16.2. The Hall–Kier alpha value is -1.42. The lowest BCUT2D eigenvalue weighted by molar-refractivity contribution is -0.130. The number of pyridine rings is 1. The van der Waals surface area contributed by atoms with Gasteiger partial charge in [0.25, 0.3) is 0 Å². The Morgan fingerprint density at radius 2 is 2.11 bits per heavy atom. The summed E-state index contributed by atoms with van der Waals surface area (Å²) in [6.45, 7) is 9.14. The quantitative estimate of drug-likeness (QED) is 0.749. The molecule has 18 heavy (non-hydrogen) atoms. The second-order valence-electron chi connectivity index (χ2n) is 4.29. The fourth-order valence-electron chi connectivity index (χ4n) is 1.83. The van der Waals surface area contributed by atoms with E-state index in [0.29, 0.717) is 13.0 Å². The van der Waals surface area contributed by atoms with E-state index >= 15 is 0 Å². The van der Waals surface area contributed by atoms with Crippen molar-refractivity contribution in [3.05, 3.63) is 29.6 Å². The van der Waals surface area contributed by atoms with Gasteiger partial charge in [-0.2, -0.15) is 0 Å². The fourth-order valence-corrected chi connectivity index (χ4v) is 1.83. The van der Waals surface area contributed by atoms with E-state index in [4.69, 9.17) is 0 Å². The molecular formula is C14H23N3O. The van der Waals surface area contributed by atoms with Gasteiger partial charge in [-0.25, -0.2) is 0 Å². The predicted octanol–water partition coefficient (Wildman–Crippen LogP) is 1.74. The van der Waals surface area contributed by atoms with Crippen LogP contribution in [-0.2, 0) is 11.3 Å². The normalized spacial score (nSPS) is 10.4. The molecule has 0 aliphatic carbocycles. The maximum absolute atomic E-state index is 11.8. The number of carbonyl (C=O) groups is 1. The number of hydrogen-bond acceptors (Lipinski definition) is 3. The van der Waals surface area contributed by atoms with Crippen LogP contribution in [0.25, 0.3) is 0 Å². The van der Waals surface area contributed by atoms with Crippen LogP contribution in [0.15, 0.2) is 18.5 Å². The summed E-state index contributed by atoms with van der Waals surface area (Å²) < 4.78 is 0. The monoisotopic (exact) mass is 249 g/mol. The Labute approximate surface area is 109 Å². The van der Waals surface area contributed by atoms with Crippen molar-refractivity contribution in [1.82, 2.24) is 15.2 Å². The number of nitrogens with zero attached hydrogens (tertiary/aromatic N) is 2. The molecule has 0 aliphatic rings. The summed E-state index contributed by atoms with van der Waals surface area (Å²) in [7, 11) is 0. The topological polar surface area (TPSA) is 45.2 Å². The van der Waals surface area contributed by atoms with Crippen LogP contribution in [0, 0.1) is 6.92 Å². The zero-order valence-corrected chi connectivity index (χ0v) is 11.6. The summed E-state index contributed by atoms with van der Waals surface area (Å²) >= 11 is 0. The van der Waals surface area contributed by atoms with Crippen LogP contribution in [0.2, 0.25) is 0 Å². The Balaban J connectivity index is 2.27. The Morgan fingerprint density at radius 3 is 2.72 bits per heavy atom. The van der Waals surface area contributed by atoms with Gasteiger partial charge in [0.2, 0.25) is 5.91 Å². The number of aromatic nitrogens is 1. The molecule has 100 valence electrons. The molecule has 4 heteroatoms. The molecule has 0 saturated heterocycles. The number of hydrogen-bond donors (Lipinski definition) is 1. The Morgan fingerprint density at radius 1 is 1.39 bits per heavy atom. The van der Waals surface area contributed by atoms with E-state index in [0.717, 1.165) is 19.6 Å². The summed E-state index contributed by atoms with van der Waals surface area (Å²) in [6, 6.07) is 2.00. The van der Waals surface area contributed by atoms with Crippen LogP contribution < -0.4 is 5.32 Å². The maximum atomic E-state index is 11.8. The van der Waals surface area contributed by atoms with Crippen molar-refractivity contribution in [2.24, 2.45) is 0 Å². The lowest BCUT2D eigenvalue weighted by Gasteiger charge is -2.18. The molecule has 0 radical (unpaired) electrons. The van der Waals surface area contributed by atoms with Crippen molar-refractivity contribution in [2.45, 2.75) is 33.7 Å². The highest BCUT2D eigenvalue weighted by Gasteiger charge is 2.08. The van der Waals surface area contributed by atoms with E-state index in [2.05, 4.69) is 17.2 Å². The molecule has 1 heterocycles. The molecule has 0 spiro atoms. The Bertz CT molecular complexity index is 375. The molecule has 0 aromatic carbocycles. The van der Waals surface area contributed by atoms with Gasteiger partial charge in [-0.1, -0.05) is 0 Å². The van der Waals surface area contributed by atoms with E-state index in [-0.39, 0.29) is 5.91 Å². The van der Waals surface area contributed by atoms with Gasteiger partial charge >= 0.3 is 0 Å². The van der Waals surface area contributed by atoms with Gasteiger partial charge in [0.1, 0.15) is 0 Å². The third-order valence-electron chi connectivity index (χ3n) is 3.09. The third-order valence-corrected chi connectivity index (χ3v) is 3.09. The minimum absolute atomic E-state index is 0.218. The van der Waals surface area contributed by atoms with Crippen LogP contribution in [0.5, 0.6) is 0 Å². The molecule has 0 atom stereocenters. The SMILES string of the molecule is CCN(CC)C(=O)CCNCc1cnccc1C. The molecule has 1 rings (SSSR count). The zero-order chi connectivity index (χ0) is 13.4. The van der Waals surface area contributed by atoms with E-state index in [1.807, 2.05) is 31.0 Å². The first-order valence-corrected chi connectivity index (χ1v) is 6.57. The molecule has 0 fully saturated rings. The van der Waals surface area contributed by atoms with Gasteiger partial charge in [-0.05, 0) is 38.0 Å². The lowest BCUT2D eigenvalue weighted by atomic mass is 10.1. The highest BCUT2D eigenvalue weighted by molar-refractivity contribution is 5.76. The van der Waals surface area contributed by atoms with Crippen molar-refractivity contribution >= 4 is 5.91 Å². The van der Waals surface area contributed by atoms with Crippen molar-refractivity contribution in [1.29, 1.82) is 0 Å². The largest absolute Gasteiger partial charge is 0.343 e. The molecule has 1 amide bonds. The van der Waals surface area contributed by atoms with Gasteiger partial charge in [0.05, 0.1) is 0 Å². The standard InChI is InChI=1S/C14H23N3O/c1-4-17(5-2)14(18)7-9-16-11-13-10-15-8-6-12(13)3/h6,8,10,16H,4-5,7,9,11H2,1-3H3. The van der Waals surface area contributed by atoms with Gasteiger partial charge in [-0.15, -0.1) is 0 Å². The maximum Gasteiger partial charge on any atom is 0.223 e. The predicted molar refractivity (Wildman–Crippen MR) is 73.2 cm³/mol. The molecule has 1 N–H and O–H groups in total. The van der Waals surface area contributed by atoms with E-state index in [1.54, 1.807) is 6.20 Å². The molecule has 0 unspecified atom stereocenters. The summed E-state index contributed by atoms with van der Waals surface area (Å²) in [4.78, 5) is 17.7. The average molecular weight is 249 g/mol. The fraction of sp³-hybridized carbons (Fsp3) is 0.571. The number of aryl methyl sites for hydroxylation is 1. The van der Waals surface area contributed by atoms with Crippen molar-refractivity contribution in [2.75, 3.05) is 19.6 Å². The lowest BCUT2D eigenvalue weighted by Crippen LogP contribution is -2.32. The minimum Gasteiger partial charge on any atom is -0.343 e. The summed E-state index contributed by atoms with van der Waals surface area (Å²) in [5.74, 6) is 0.218. The van der Waals surface area contributed by atoms with Crippen molar-refractivity contribution < 1.29 is 4.79 Å². The van der Waals surface area contributed by atoms with Gasteiger partial charge in [-0.3, -0.25) is 9.78 Å². The third kappa shape index (κ3) is 4.45. The molecule has 0 aliphatic heterocycles. The van der Waals surface area contributed by atoms with E-state index in [1.165, 1.54) is 11.1 Å². The molecule has 0 bridgehead atoms. The highest BCUT2D eigenvalue weighted by Crippen LogP contribution is 2.03. The number of carbonyl (C=O) groups excluding carboxylic acids is 1. The molecule has 1 aromatic heterocycles. The second-order valence-corrected chi connectivity index (χ2v) is 4.29. The molecule has 1 aromatic rings. The average Bonchev–Trinajstić information content (AvgIpc) is 2.38. The van der Waals surface area contributed by atoms with Crippen LogP contribution in [0.3, 0.4) is 0 Å². The molecular weight excluding hydrogens is 226 g/mol. The minimum atomic E-state index is 0.218. The summed E-state index contributed by atoms with van der Waals surface area (Å²) in [5.41, 5.74) is 2.42. The number of rotatable bonds is 7. The zero-order valence-electron chi connectivity index (χ0n) is 11.6. The number of nitrogens with one attached hydrogen (secondary N) is 1. The van der Waals surface area contributed by atoms with Gasteiger partial charge < -0.3 is 10.2 Å². The Kier molecular flexibility index (Phi) is 6.36. The van der Waals surface area contributed by atoms with Crippen LogP contribution in [-0.4, -0.2) is 35.4 Å². The van der Waals surface area contributed by atoms with Crippen molar-refractivity contribution in [3.63, 3.8) is 0 Å². The first-order valence-electron chi connectivity index (χ1n) is 6.57. The van der Waals surface area contributed by atoms with Crippen LogP contribution in [0.1, 0.15) is 31.4 Å². The van der Waals surface area contributed by atoms with Crippen LogP contribution >= 0.6 is 0 Å². The first kappa shape index (κ1) is 14.6. The molecule has 0 saturated carbocycles. The summed E-state index contributed by atoms with van der Waals surface area (Å²) in [6.07, 6.45) is 4.22. The first-order chi connectivity index (χ1) is 8.69. The second kappa shape index (κ2) is 7.82. The number of amides is 1. The molecule has 4 nitrogen and oxygen atoms in total. The van der Waals surface area contributed by atoms with Crippen molar-refractivity contribution in [3.8, 4) is 0 Å². The summed E-state index contributed by atoms with van der Waals surface area (Å²) in [5, 5.41) is 3.29. The van der Waals surface area contributed by atoms with Gasteiger partial charge in [0.15, 0.2) is 0 Å². The van der Waals surface area contributed by atoms with Gasteiger partial charge in [0, 0.05) is 45.0 Å².